The van der Waals surface area contributed by atoms with E-state index in [9.17, 15) is 4.79 Å². The van der Waals surface area contributed by atoms with Crippen LogP contribution in [0.15, 0.2) is 30.7 Å². The first-order valence-electron chi connectivity index (χ1n) is 12.3. The van der Waals surface area contributed by atoms with E-state index >= 15 is 0 Å². The third-order valence-electron chi connectivity index (χ3n) is 6.67. The van der Waals surface area contributed by atoms with Crippen molar-refractivity contribution in [1.82, 2.24) is 34.9 Å². The zero-order valence-corrected chi connectivity index (χ0v) is 21.8. The molecule has 10 nitrogen and oxygen atoms in total. The highest BCUT2D eigenvalue weighted by Crippen LogP contribution is 2.30. The lowest BCUT2D eigenvalue weighted by molar-refractivity contribution is 0.0950. The van der Waals surface area contributed by atoms with Crippen LogP contribution in [-0.2, 0) is 0 Å². The van der Waals surface area contributed by atoms with Gasteiger partial charge in [-0.1, -0.05) is 0 Å². The number of piperidine rings is 1. The molecule has 2 aromatic heterocycles. The second-order valence-electron chi connectivity index (χ2n) is 9.76. The topological polar surface area (TPSA) is 114 Å². The maximum Gasteiger partial charge on any atom is 0.263 e. The second-order valence-corrected chi connectivity index (χ2v) is 9.76. The Kier molecular flexibility index (Phi) is 7.85. The molecule has 0 unspecified atom stereocenters. The third kappa shape index (κ3) is 6.00. The van der Waals surface area contributed by atoms with E-state index in [0.717, 1.165) is 49.2 Å². The summed E-state index contributed by atoms with van der Waals surface area (Å²) in [5, 5.41) is 7.48. The molecular weight excluding hydrogens is 456 g/mol. The number of nitrogens with two attached hydrogens (primary N) is 1. The molecule has 0 bridgehead atoms. The highest BCUT2D eigenvalue weighted by molar-refractivity contribution is 5.97. The van der Waals surface area contributed by atoms with E-state index in [0.29, 0.717) is 29.6 Å². The van der Waals surface area contributed by atoms with Gasteiger partial charge >= 0.3 is 0 Å². The van der Waals surface area contributed by atoms with Crippen LogP contribution in [0.5, 0.6) is 11.6 Å². The number of nitrogen functional groups attached to an aromatic ring is 1. The normalized spacial score (nSPS) is 14.8. The summed E-state index contributed by atoms with van der Waals surface area (Å²) < 4.78 is 7.95. The van der Waals surface area contributed by atoms with Crippen molar-refractivity contribution in [3.8, 4) is 22.9 Å². The van der Waals surface area contributed by atoms with Gasteiger partial charge in [-0.25, -0.2) is 9.97 Å². The largest absolute Gasteiger partial charge is 0.433 e. The fourth-order valence-electron chi connectivity index (χ4n) is 4.27. The fraction of sp³-hybridized carbons (Fsp3) is 0.462. The van der Waals surface area contributed by atoms with Crippen molar-refractivity contribution in [1.29, 1.82) is 0 Å². The molecule has 1 fully saturated rings. The molecule has 3 N–H and O–H groups in total. The number of aromatic nitrogens is 4. The lowest BCUT2D eigenvalue weighted by Gasteiger charge is -2.28. The Labute approximate surface area is 212 Å². The average Bonchev–Trinajstić information content (AvgIpc) is 3.30. The van der Waals surface area contributed by atoms with Gasteiger partial charge in [0.15, 0.2) is 11.6 Å². The van der Waals surface area contributed by atoms with E-state index < -0.39 is 0 Å². The summed E-state index contributed by atoms with van der Waals surface area (Å²) in [6.45, 7) is 7.36. The number of hydrogen-bond acceptors (Lipinski definition) is 8. The van der Waals surface area contributed by atoms with Crippen LogP contribution < -0.4 is 15.8 Å². The molecule has 0 atom stereocenters. The number of carbonyl (C=O) groups excluding carboxylic acids is 1. The van der Waals surface area contributed by atoms with Gasteiger partial charge in [-0.2, -0.15) is 5.10 Å². The number of amides is 1. The fourth-order valence-corrected chi connectivity index (χ4v) is 4.27. The Morgan fingerprint density at radius 3 is 2.69 bits per heavy atom. The summed E-state index contributed by atoms with van der Waals surface area (Å²) in [5.74, 6) is 0.857. The van der Waals surface area contributed by atoms with Gasteiger partial charge in [-0.15, -0.1) is 0 Å². The van der Waals surface area contributed by atoms with Gasteiger partial charge in [0.2, 0.25) is 0 Å². The number of aryl methyl sites for hydroxylation is 1. The minimum atomic E-state index is -0.111. The lowest BCUT2D eigenvalue weighted by Crippen LogP contribution is -2.31. The molecule has 0 aliphatic carbocycles. The number of hydrogen-bond donors (Lipinski definition) is 2. The molecule has 1 amide bonds. The van der Waals surface area contributed by atoms with Crippen molar-refractivity contribution >= 4 is 11.7 Å². The molecular formula is C26H36N8O2. The second kappa shape index (κ2) is 11.0. The summed E-state index contributed by atoms with van der Waals surface area (Å²) in [7, 11) is 6.08. The maximum absolute atomic E-state index is 12.9. The number of anilines is 1. The van der Waals surface area contributed by atoms with Crippen molar-refractivity contribution in [2.45, 2.75) is 32.7 Å². The maximum atomic E-state index is 12.9. The first-order chi connectivity index (χ1) is 17.2. The van der Waals surface area contributed by atoms with Gasteiger partial charge < -0.3 is 25.6 Å². The van der Waals surface area contributed by atoms with E-state index in [1.165, 1.54) is 0 Å². The highest BCUT2D eigenvalue weighted by atomic mass is 16.5. The molecule has 3 aromatic rings. The van der Waals surface area contributed by atoms with Crippen LogP contribution in [0.1, 0.15) is 40.4 Å². The molecule has 36 heavy (non-hydrogen) atoms. The molecule has 3 heterocycles. The predicted octanol–water partition coefficient (Wildman–Crippen LogP) is 2.89. The van der Waals surface area contributed by atoms with Crippen LogP contribution in [0, 0.1) is 13.8 Å². The van der Waals surface area contributed by atoms with E-state index in [1.54, 1.807) is 12.4 Å². The number of benzene rings is 1. The molecule has 0 spiro atoms. The molecule has 4 rings (SSSR count). The summed E-state index contributed by atoms with van der Waals surface area (Å²) in [6, 6.07) is 4.19. The SMILES string of the molecule is Cc1cc(-c2cnc(N)c(Oc3cnn(C4CCN(C)CC4)c3)n2)cc(C(=O)NCCN(C)C)c1C. The third-order valence-corrected chi connectivity index (χ3v) is 6.67. The number of carbonyl (C=O) groups is 1. The molecule has 0 radical (unpaired) electrons. The summed E-state index contributed by atoms with van der Waals surface area (Å²) in [4.78, 5) is 26.2. The highest BCUT2D eigenvalue weighted by Gasteiger charge is 2.20. The van der Waals surface area contributed by atoms with Crippen molar-refractivity contribution in [3.63, 3.8) is 0 Å². The Bertz CT molecular complexity index is 1210. The van der Waals surface area contributed by atoms with Gasteiger partial charge in [-0.3, -0.25) is 9.48 Å². The molecule has 1 aromatic carbocycles. The van der Waals surface area contributed by atoms with Crippen molar-refractivity contribution in [2.24, 2.45) is 0 Å². The van der Waals surface area contributed by atoms with Crippen LogP contribution >= 0.6 is 0 Å². The van der Waals surface area contributed by atoms with Crippen molar-refractivity contribution in [3.05, 3.63) is 47.4 Å². The number of likely N-dealkylation sites (tertiary alicyclic amines) is 1. The predicted molar refractivity (Wildman–Crippen MR) is 140 cm³/mol. The number of rotatable bonds is 8. The number of nitrogens with zero attached hydrogens (tertiary/aromatic N) is 6. The van der Waals surface area contributed by atoms with Crippen LogP contribution in [0.25, 0.3) is 11.3 Å². The summed E-state index contributed by atoms with van der Waals surface area (Å²) in [6.07, 6.45) is 7.26. The molecule has 1 aliphatic heterocycles. The Hall–Kier alpha value is -3.50. The van der Waals surface area contributed by atoms with Gasteiger partial charge in [0, 0.05) is 24.2 Å². The van der Waals surface area contributed by atoms with Crippen LogP contribution in [0.2, 0.25) is 0 Å². The molecule has 0 saturated carbocycles. The standard InChI is InChI=1S/C26H36N8O2/c1-17-12-19(13-22(18(17)2)25(35)28-8-11-32(3)4)23-15-29-24(27)26(31-23)36-21-14-30-34(16-21)20-6-9-33(5)10-7-20/h12-16,20H,6-11H2,1-5H3,(H2,27,29)(H,28,35). The summed E-state index contributed by atoms with van der Waals surface area (Å²) >= 11 is 0. The van der Waals surface area contributed by atoms with Gasteiger partial charge in [0.1, 0.15) is 0 Å². The van der Waals surface area contributed by atoms with Gasteiger partial charge in [0.05, 0.1) is 30.3 Å². The first-order valence-corrected chi connectivity index (χ1v) is 12.3. The Morgan fingerprint density at radius 1 is 1.22 bits per heavy atom. The van der Waals surface area contributed by atoms with E-state index in [4.69, 9.17) is 10.5 Å². The first kappa shape index (κ1) is 25.6. The van der Waals surface area contributed by atoms with E-state index in [-0.39, 0.29) is 17.6 Å². The zero-order valence-electron chi connectivity index (χ0n) is 21.8. The molecule has 1 aliphatic rings. The molecule has 192 valence electrons. The van der Waals surface area contributed by atoms with Crippen LogP contribution in [0.3, 0.4) is 0 Å². The molecule has 1 saturated heterocycles. The zero-order chi connectivity index (χ0) is 25.8. The number of ether oxygens (including phenoxy) is 1. The average molecular weight is 493 g/mol. The number of likely N-dealkylation sites (N-methyl/N-ethyl adjacent to an activating group) is 1. The van der Waals surface area contributed by atoms with Crippen LogP contribution in [0.4, 0.5) is 5.82 Å². The Morgan fingerprint density at radius 2 is 1.97 bits per heavy atom. The minimum absolute atomic E-state index is 0.111. The quantitative estimate of drug-likeness (QED) is 0.493. The van der Waals surface area contributed by atoms with E-state index in [1.807, 2.05) is 55.9 Å². The summed E-state index contributed by atoms with van der Waals surface area (Å²) in [5.41, 5.74) is 9.98. The van der Waals surface area contributed by atoms with Crippen LogP contribution in [-0.4, -0.2) is 82.8 Å². The van der Waals surface area contributed by atoms with Gasteiger partial charge in [-0.05, 0) is 84.2 Å². The van der Waals surface area contributed by atoms with Gasteiger partial charge in [0.25, 0.3) is 11.8 Å². The van der Waals surface area contributed by atoms with E-state index in [2.05, 4.69) is 32.3 Å². The molecule has 10 heteroatoms. The lowest BCUT2D eigenvalue weighted by atomic mass is 9.97. The smallest absolute Gasteiger partial charge is 0.263 e. The minimum Gasteiger partial charge on any atom is -0.433 e. The number of nitrogens with one attached hydrogen (secondary N) is 1. The van der Waals surface area contributed by atoms with Crippen molar-refractivity contribution < 1.29 is 9.53 Å². The monoisotopic (exact) mass is 492 g/mol. The Balaban J connectivity index is 1.54. The van der Waals surface area contributed by atoms with Crippen molar-refractivity contribution in [2.75, 3.05) is 53.1 Å².